The molecule has 1 unspecified atom stereocenters. The summed E-state index contributed by atoms with van der Waals surface area (Å²) in [5.41, 5.74) is 1.28. The Labute approximate surface area is 175 Å². The number of aryl methyl sites for hydroxylation is 1. The second-order valence-electron chi connectivity index (χ2n) is 8.11. The van der Waals surface area contributed by atoms with Crippen LogP contribution in [-0.2, 0) is 7.05 Å². The van der Waals surface area contributed by atoms with E-state index in [0.29, 0.717) is 12.2 Å². The topological polar surface area (TPSA) is 85.1 Å². The van der Waals surface area contributed by atoms with Gasteiger partial charge in [0.1, 0.15) is 5.82 Å². The van der Waals surface area contributed by atoms with Gasteiger partial charge in [-0.3, -0.25) is 14.3 Å². The van der Waals surface area contributed by atoms with Crippen molar-refractivity contribution in [3.8, 4) is 0 Å². The molecule has 1 aliphatic heterocycles. The molecule has 158 valence electrons. The molecule has 1 amide bonds. The number of rotatable bonds is 5. The Bertz CT molecular complexity index is 1120. The number of amides is 1. The van der Waals surface area contributed by atoms with Crippen molar-refractivity contribution in [2.24, 2.45) is 7.05 Å². The van der Waals surface area contributed by atoms with Gasteiger partial charge < -0.3 is 10.2 Å². The molecule has 0 bridgehead atoms. The molecule has 0 aliphatic carbocycles. The zero-order valence-electron chi connectivity index (χ0n) is 17.7. The van der Waals surface area contributed by atoms with Crippen molar-refractivity contribution in [1.82, 2.24) is 24.9 Å². The first kappa shape index (κ1) is 20.1. The Hall–Kier alpha value is -3.16. The van der Waals surface area contributed by atoms with Crippen molar-refractivity contribution >= 4 is 22.6 Å². The smallest absolute Gasteiger partial charge is 0.272 e. The maximum Gasteiger partial charge on any atom is 0.272 e. The van der Waals surface area contributed by atoms with Gasteiger partial charge in [-0.1, -0.05) is 18.2 Å². The molecule has 8 nitrogen and oxygen atoms in total. The fourth-order valence-electron chi connectivity index (χ4n) is 4.13. The molecule has 0 spiro atoms. The Morgan fingerprint density at radius 3 is 2.77 bits per heavy atom. The number of carbonyl (C=O) groups is 1. The molecule has 3 heterocycles. The van der Waals surface area contributed by atoms with Gasteiger partial charge in [-0.15, -0.1) is 0 Å². The average molecular weight is 409 g/mol. The first-order valence-electron chi connectivity index (χ1n) is 10.5. The van der Waals surface area contributed by atoms with Crippen LogP contribution in [0, 0.1) is 0 Å². The van der Waals surface area contributed by atoms with Crippen LogP contribution in [0.2, 0.25) is 0 Å². The van der Waals surface area contributed by atoms with E-state index in [0.717, 1.165) is 42.5 Å². The molecule has 0 radical (unpaired) electrons. The van der Waals surface area contributed by atoms with Crippen LogP contribution in [0.1, 0.15) is 49.6 Å². The Balaban J connectivity index is 1.52. The van der Waals surface area contributed by atoms with E-state index in [1.165, 1.54) is 4.68 Å². The second-order valence-corrected chi connectivity index (χ2v) is 8.11. The molecular weight excluding hydrogens is 380 g/mol. The van der Waals surface area contributed by atoms with Crippen molar-refractivity contribution < 1.29 is 4.79 Å². The minimum Gasteiger partial charge on any atom is -0.350 e. The lowest BCUT2D eigenvalue weighted by Crippen LogP contribution is -2.47. The molecule has 1 aromatic carbocycles. The number of anilines is 1. The molecule has 1 aliphatic rings. The van der Waals surface area contributed by atoms with Crippen LogP contribution in [0.15, 0.2) is 41.2 Å². The van der Waals surface area contributed by atoms with Gasteiger partial charge in [0.15, 0.2) is 5.69 Å². The van der Waals surface area contributed by atoms with Crippen LogP contribution in [0.4, 0.5) is 5.82 Å². The molecule has 3 aromatic rings. The second kappa shape index (κ2) is 8.30. The van der Waals surface area contributed by atoms with Gasteiger partial charge in [0.25, 0.3) is 11.5 Å². The highest BCUT2D eigenvalue weighted by molar-refractivity contribution is 6.04. The molecule has 1 saturated heterocycles. The van der Waals surface area contributed by atoms with E-state index in [4.69, 9.17) is 0 Å². The SMILES string of the molecule is CC(C)n1nc(N2CCCCC2CNC(=O)c2nn(C)c3ccccc23)ccc1=O. The van der Waals surface area contributed by atoms with Gasteiger partial charge in [0.05, 0.1) is 11.6 Å². The summed E-state index contributed by atoms with van der Waals surface area (Å²) in [4.78, 5) is 27.2. The van der Waals surface area contributed by atoms with Crippen molar-refractivity contribution in [2.75, 3.05) is 18.0 Å². The van der Waals surface area contributed by atoms with Crippen molar-refractivity contribution in [3.05, 3.63) is 52.4 Å². The summed E-state index contributed by atoms with van der Waals surface area (Å²) >= 11 is 0. The minimum atomic E-state index is -0.169. The molecule has 1 atom stereocenters. The zero-order chi connectivity index (χ0) is 21.3. The standard InChI is InChI=1S/C22H28N6O2/c1-15(2)28-20(29)12-11-19(24-28)27-13-7-6-8-16(27)14-23-22(30)21-17-9-4-5-10-18(17)26(3)25-21/h4-5,9-12,15-16H,6-8,13-14H2,1-3H3,(H,23,30). The highest BCUT2D eigenvalue weighted by atomic mass is 16.2. The third-order valence-corrected chi connectivity index (χ3v) is 5.69. The highest BCUT2D eigenvalue weighted by Crippen LogP contribution is 2.23. The van der Waals surface area contributed by atoms with E-state index >= 15 is 0 Å². The maximum absolute atomic E-state index is 12.9. The summed E-state index contributed by atoms with van der Waals surface area (Å²) in [6.45, 7) is 5.26. The number of hydrogen-bond acceptors (Lipinski definition) is 5. The Morgan fingerprint density at radius 2 is 1.97 bits per heavy atom. The van der Waals surface area contributed by atoms with Gasteiger partial charge >= 0.3 is 0 Å². The fraction of sp³-hybridized carbons (Fsp3) is 0.455. The fourth-order valence-corrected chi connectivity index (χ4v) is 4.13. The van der Waals surface area contributed by atoms with Gasteiger partial charge in [0.2, 0.25) is 0 Å². The predicted octanol–water partition coefficient (Wildman–Crippen LogP) is 2.50. The molecule has 0 saturated carbocycles. The number of nitrogens with one attached hydrogen (secondary N) is 1. The normalized spacial score (nSPS) is 16.9. The first-order chi connectivity index (χ1) is 14.5. The molecular formula is C22H28N6O2. The molecule has 1 fully saturated rings. The highest BCUT2D eigenvalue weighted by Gasteiger charge is 2.26. The summed E-state index contributed by atoms with van der Waals surface area (Å²) in [6.07, 6.45) is 3.14. The molecule has 4 rings (SSSR count). The summed E-state index contributed by atoms with van der Waals surface area (Å²) in [6, 6.07) is 11.2. The van der Waals surface area contributed by atoms with E-state index in [2.05, 4.69) is 20.4 Å². The van der Waals surface area contributed by atoms with Gasteiger partial charge in [-0.05, 0) is 45.2 Å². The van der Waals surface area contributed by atoms with Gasteiger partial charge in [0, 0.05) is 37.6 Å². The number of benzene rings is 1. The van der Waals surface area contributed by atoms with E-state index in [1.807, 2.05) is 45.2 Å². The van der Waals surface area contributed by atoms with E-state index in [-0.39, 0.29) is 23.6 Å². The van der Waals surface area contributed by atoms with E-state index in [1.54, 1.807) is 16.8 Å². The summed E-state index contributed by atoms with van der Waals surface area (Å²) in [5.74, 6) is 0.614. The van der Waals surface area contributed by atoms with Crippen LogP contribution in [0.25, 0.3) is 10.9 Å². The zero-order valence-corrected chi connectivity index (χ0v) is 17.7. The number of nitrogens with zero attached hydrogens (tertiary/aromatic N) is 5. The van der Waals surface area contributed by atoms with Crippen molar-refractivity contribution in [1.29, 1.82) is 0 Å². The predicted molar refractivity (Wildman–Crippen MR) is 117 cm³/mol. The number of fused-ring (bicyclic) bond motifs is 1. The van der Waals surface area contributed by atoms with Crippen LogP contribution in [0.5, 0.6) is 0 Å². The average Bonchev–Trinajstić information content (AvgIpc) is 3.09. The third-order valence-electron chi connectivity index (χ3n) is 5.69. The lowest BCUT2D eigenvalue weighted by atomic mass is 10.0. The number of aromatic nitrogens is 4. The van der Waals surface area contributed by atoms with Gasteiger partial charge in [-0.25, -0.2) is 4.68 Å². The third kappa shape index (κ3) is 3.81. The van der Waals surface area contributed by atoms with Crippen LogP contribution < -0.4 is 15.8 Å². The van der Waals surface area contributed by atoms with Crippen LogP contribution in [-0.4, -0.2) is 44.6 Å². The number of carbonyl (C=O) groups excluding carboxylic acids is 1. The van der Waals surface area contributed by atoms with Crippen LogP contribution >= 0.6 is 0 Å². The molecule has 8 heteroatoms. The largest absolute Gasteiger partial charge is 0.350 e. The van der Waals surface area contributed by atoms with Crippen LogP contribution in [0.3, 0.4) is 0 Å². The number of piperidine rings is 1. The van der Waals surface area contributed by atoms with E-state index < -0.39 is 0 Å². The number of para-hydroxylation sites is 1. The van der Waals surface area contributed by atoms with Crippen molar-refractivity contribution in [2.45, 2.75) is 45.2 Å². The lowest BCUT2D eigenvalue weighted by Gasteiger charge is -2.36. The summed E-state index contributed by atoms with van der Waals surface area (Å²) in [7, 11) is 1.84. The monoisotopic (exact) mass is 408 g/mol. The summed E-state index contributed by atoms with van der Waals surface area (Å²) in [5, 5.41) is 12.9. The minimum absolute atomic E-state index is 0.00201. The Kier molecular flexibility index (Phi) is 5.57. The van der Waals surface area contributed by atoms with Crippen molar-refractivity contribution in [3.63, 3.8) is 0 Å². The molecule has 30 heavy (non-hydrogen) atoms. The lowest BCUT2D eigenvalue weighted by molar-refractivity contribution is 0.0945. The number of hydrogen-bond donors (Lipinski definition) is 1. The maximum atomic E-state index is 12.9. The molecule has 2 aromatic heterocycles. The molecule has 1 N–H and O–H groups in total. The van der Waals surface area contributed by atoms with E-state index in [9.17, 15) is 9.59 Å². The Morgan fingerprint density at radius 1 is 1.17 bits per heavy atom. The first-order valence-corrected chi connectivity index (χ1v) is 10.5. The summed E-state index contributed by atoms with van der Waals surface area (Å²) < 4.78 is 3.25. The quantitative estimate of drug-likeness (QED) is 0.701. The van der Waals surface area contributed by atoms with Gasteiger partial charge in [-0.2, -0.15) is 10.2 Å².